The van der Waals surface area contributed by atoms with E-state index in [2.05, 4.69) is 21.2 Å². The Hall–Kier alpha value is -3.37. The zero-order chi connectivity index (χ0) is 30.1. The first kappa shape index (κ1) is 31.6. The van der Waals surface area contributed by atoms with Crippen molar-refractivity contribution >= 4 is 43.5 Å². The van der Waals surface area contributed by atoms with Crippen molar-refractivity contribution in [3.8, 4) is 5.75 Å². The molecule has 3 aromatic carbocycles. The van der Waals surface area contributed by atoms with Gasteiger partial charge in [0.15, 0.2) is 0 Å². The predicted octanol–water partition coefficient (Wildman–Crippen LogP) is 5.31. The molecule has 2 amide bonds. The third kappa shape index (κ3) is 8.82. The molecule has 0 aliphatic heterocycles. The van der Waals surface area contributed by atoms with Crippen LogP contribution >= 0.6 is 15.9 Å². The maximum Gasteiger partial charge on any atom is 0.244 e. The van der Waals surface area contributed by atoms with Gasteiger partial charge in [0.25, 0.3) is 0 Å². The molecule has 1 aliphatic carbocycles. The highest BCUT2D eigenvalue weighted by molar-refractivity contribution is 9.10. The molecule has 42 heavy (non-hydrogen) atoms. The Morgan fingerprint density at radius 2 is 1.60 bits per heavy atom. The van der Waals surface area contributed by atoms with Crippen molar-refractivity contribution in [3.63, 3.8) is 0 Å². The summed E-state index contributed by atoms with van der Waals surface area (Å²) in [6.45, 7) is 2.03. The summed E-state index contributed by atoms with van der Waals surface area (Å²) in [5.74, 6) is -0.104. The standard InChI is InChI=1S/C32H38BrN3O5S/c1-3-41-29-19-17-28(18-20-29)36(42(2,39)40)23-31(37)35(22-25-13-15-26(33)16-14-25)30(21-24-9-5-4-6-10-24)32(38)34-27-11-7-8-12-27/h4-6,9-10,13-20,27,30H,3,7-8,11-12,21-23H2,1-2H3,(H,34,38)/t30-/m0/s1. The number of sulfonamides is 1. The van der Waals surface area contributed by atoms with E-state index >= 15 is 0 Å². The van der Waals surface area contributed by atoms with Crippen LogP contribution in [0.4, 0.5) is 5.69 Å². The minimum atomic E-state index is -3.84. The van der Waals surface area contributed by atoms with Gasteiger partial charge in [-0.1, -0.05) is 71.2 Å². The van der Waals surface area contributed by atoms with Gasteiger partial charge in [0.05, 0.1) is 18.6 Å². The van der Waals surface area contributed by atoms with Crippen LogP contribution in [0, 0.1) is 0 Å². The SMILES string of the molecule is CCOc1ccc(N(CC(=O)N(Cc2ccc(Br)cc2)[C@@H](Cc2ccccc2)C(=O)NC2CCCC2)S(C)(=O)=O)cc1. The molecule has 0 heterocycles. The molecule has 1 fully saturated rings. The zero-order valence-electron chi connectivity index (χ0n) is 24.0. The van der Waals surface area contributed by atoms with Gasteiger partial charge < -0.3 is 15.0 Å². The van der Waals surface area contributed by atoms with Gasteiger partial charge in [0, 0.05) is 23.5 Å². The number of carbonyl (C=O) groups excluding carboxylic acids is 2. The molecule has 0 radical (unpaired) electrons. The Morgan fingerprint density at radius 3 is 2.19 bits per heavy atom. The van der Waals surface area contributed by atoms with Crippen LogP contribution in [0.15, 0.2) is 83.3 Å². The Kier molecular flexibility index (Phi) is 11.0. The van der Waals surface area contributed by atoms with Crippen LogP contribution in [0.25, 0.3) is 0 Å². The summed E-state index contributed by atoms with van der Waals surface area (Å²) < 4.78 is 33.4. The second-order valence-corrected chi connectivity index (χ2v) is 13.4. The van der Waals surface area contributed by atoms with Crippen molar-refractivity contribution in [2.75, 3.05) is 23.7 Å². The van der Waals surface area contributed by atoms with Gasteiger partial charge in [0.1, 0.15) is 18.3 Å². The summed E-state index contributed by atoms with van der Waals surface area (Å²) in [7, 11) is -3.84. The maximum atomic E-state index is 14.2. The van der Waals surface area contributed by atoms with E-state index in [1.54, 1.807) is 24.3 Å². The van der Waals surface area contributed by atoms with E-state index in [0.717, 1.165) is 51.8 Å². The van der Waals surface area contributed by atoms with Crippen molar-refractivity contribution in [1.82, 2.24) is 10.2 Å². The summed E-state index contributed by atoms with van der Waals surface area (Å²) in [5.41, 5.74) is 2.07. The normalized spacial score (nSPS) is 14.3. The van der Waals surface area contributed by atoms with Gasteiger partial charge in [-0.2, -0.15) is 0 Å². The molecular weight excluding hydrogens is 618 g/mol. The summed E-state index contributed by atoms with van der Waals surface area (Å²) in [5, 5.41) is 3.18. The average molecular weight is 657 g/mol. The van der Waals surface area contributed by atoms with Gasteiger partial charge in [-0.05, 0) is 67.3 Å². The number of nitrogens with one attached hydrogen (secondary N) is 1. The number of rotatable bonds is 13. The predicted molar refractivity (Wildman–Crippen MR) is 169 cm³/mol. The quantitative estimate of drug-likeness (QED) is 0.269. The number of hydrogen-bond acceptors (Lipinski definition) is 5. The number of nitrogens with zero attached hydrogens (tertiary/aromatic N) is 2. The molecule has 1 aliphatic rings. The first-order chi connectivity index (χ1) is 20.1. The Labute approximate surface area is 257 Å². The molecule has 1 saturated carbocycles. The fraction of sp³-hybridized carbons (Fsp3) is 0.375. The van der Waals surface area contributed by atoms with Crippen LogP contribution in [0.1, 0.15) is 43.7 Å². The average Bonchev–Trinajstić information content (AvgIpc) is 3.48. The van der Waals surface area contributed by atoms with E-state index in [1.165, 1.54) is 4.90 Å². The molecule has 0 unspecified atom stereocenters. The van der Waals surface area contributed by atoms with E-state index in [1.807, 2.05) is 61.5 Å². The molecule has 0 bridgehead atoms. The second-order valence-electron chi connectivity index (χ2n) is 10.5. The molecule has 4 rings (SSSR count). The lowest BCUT2D eigenvalue weighted by atomic mass is 10.0. The van der Waals surface area contributed by atoms with Crippen LogP contribution in [0.2, 0.25) is 0 Å². The van der Waals surface area contributed by atoms with E-state index < -0.39 is 28.5 Å². The third-order valence-corrected chi connectivity index (χ3v) is 9.02. The second kappa shape index (κ2) is 14.7. The van der Waals surface area contributed by atoms with Gasteiger partial charge >= 0.3 is 0 Å². The van der Waals surface area contributed by atoms with Gasteiger partial charge in [-0.3, -0.25) is 13.9 Å². The number of anilines is 1. The lowest BCUT2D eigenvalue weighted by Crippen LogP contribution is -2.54. The largest absolute Gasteiger partial charge is 0.494 e. The lowest BCUT2D eigenvalue weighted by Gasteiger charge is -2.34. The highest BCUT2D eigenvalue weighted by Crippen LogP contribution is 2.24. The molecular formula is C32H38BrN3O5S. The van der Waals surface area contributed by atoms with Crippen LogP contribution in [-0.2, 0) is 32.6 Å². The molecule has 8 nitrogen and oxygen atoms in total. The van der Waals surface area contributed by atoms with Crippen molar-refractivity contribution in [3.05, 3.63) is 94.5 Å². The highest BCUT2D eigenvalue weighted by atomic mass is 79.9. The topological polar surface area (TPSA) is 96.0 Å². The molecule has 1 N–H and O–H groups in total. The Morgan fingerprint density at radius 1 is 0.952 bits per heavy atom. The molecule has 0 aromatic heterocycles. The summed E-state index contributed by atoms with van der Waals surface area (Å²) in [6.07, 6.45) is 5.30. The van der Waals surface area contributed by atoms with E-state index in [9.17, 15) is 18.0 Å². The Balaban J connectivity index is 1.70. The third-order valence-electron chi connectivity index (χ3n) is 7.35. The van der Waals surface area contributed by atoms with Crippen molar-refractivity contribution in [2.24, 2.45) is 0 Å². The number of carbonyl (C=O) groups is 2. The van der Waals surface area contributed by atoms with Crippen molar-refractivity contribution in [2.45, 2.75) is 57.7 Å². The molecule has 1 atom stereocenters. The smallest absolute Gasteiger partial charge is 0.244 e. The van der Waals surface area contributed by atoms with Crippen LogP contribution in [0.3, 0.4) is 0 Å². The van der Waals surface area contributed by atoms with Gasteiger partial charge in [-0.25, -0.2) is 8.42 Å². The molecule has 224 valence electrons. The van der Waals surface area contributed by atoms with Crippen molar-refractivity contribution < 1.29 is 22.7 Å². The summed E-state index contributed by atoms with van der Waals surface area (Å²) >= 11 is 3.45. The molecule has 10 heteroatoms. The van der Waals surface area contributed by atoms with E-state index in [0.29, 0.717) is 24.5 Å². The number of halogens is 1. The van der Waals surface area contributed by atoms with E-state index in [4.69, 9.17) is 4.74 Å². The first-order valence-corrected chi connectivity index (χ1v) is 16.9. The number of benzene rings is 3. The summed E-state index contributed by atoms with van der Waals surface area (Å²) in [4.78, 5) is 29.6. The zero-order valence-corrected chi connectivity index (χ0v) is 26.4. The van der Waals surface area contributed by atoms with Crippen molar-refractivity contribution in [1.29, 1.82) is 0 Å². The molecule has 0 spiro atoms. The highest BCUT2D eigenvalue weighted by Gasteiger charge is 2.34. The minimum Gasteiger partial charge on any atom is -0.494 e. The van der Waals surface area contributed by atoms with Gasteiger partial charge in [0.2, 0.25) is 21.8 Å². The Bertz CT molecular complexity index is 1430. The van der Waals surface area contributed by atoms with E-state index in [-0.39, 0.29) is 18.5 Å². The van der Waals surface area contributed by atoms with Crippen LogP contribution < -0.4 is 14.4 Å². The lowest BCUT2D eigenvalue weighted by molar-refractivity contribution is -0.140. The maximum absolute atomic E-state index is 14.2. The van der Waals surface area contributed by atoms with Crippen LogP contribution in [0.5, 0.6) is 5.75 Å². The first-order valence-electron chi connectivity index (χ1n) is 14.2. The van der Waals surface area contributed by atoms with Gasteiger partial charge in [-0.15, -0.1) is 0 Å². The fourth-order valence-corrected chi connectivity index (χ4v) is 6.31. The van der Waals surface area contributed by atoms with Crippen LogP contribution in [-0.4, -0.2) is 56.6 Å². The monoisotopic (exact) mass is 655 g/mol. The fourth-order valence-electron chi connectivity index (χ4n) is 5.20. The molecule has 0 saturated heterocycles. The summed E-state index contributed by atoms with van der Waals surface area (Å²) in [6, 6.07) is 22.9. The number of hydrogen-bond donors (Lipinski definition) is 1. The number of amides is 2. The number of ether oxygens (including phenoxy) is 1. The molecule has 3 aromatic rings. The minimum absolute atomic E-state index is 0.0665.